The first kappa shape index (κ1) is 13.1. The SMILES string of the molecule is O=C(NCc1ccccc1)[C@@H]1CCC(=O)N1C(=O)O. The lowest BCUT2D eigenvalue weighted by Crippen LogP contribution is -2.46. The van der Waals surface area contributed by atoms with Gasteiger partial charge in [0, 0.05) is 13.0 Å². The van der Waals surface area contributed by atoms with Crippen molar-refractivity contribution in [3.63, 3.8) is 0 Å². The predicted octanol–water partition coefficient (Wildman–Crippen LogP) is 0.972. The molecule has 1 heterocycles. The second-order valence-electron chi connectivity index (χ2n) is 4.30. The summed E-state index contributed by atoms with van der Waals surface area (Å²) in [7, 11) is 0. The summed E-state index contributed by atoms with van der Waals surface area (Å²) in [5.74, 6) is -0.954. The molecule has 1 aromatic rings. The van der Waals surface area contributed by atoms with Crippen LogP contribution in [0.4, 0.5) is 4.79 Å². The van der Waals surface area contributed by atoms with Crippen molar-refractivity contribution >= 4 is 17.9 Å². The fourth-order valence-corrected chi connectivity index (χ4v) is 2.07. The highest BCUT2D eigenvalue weighted by Crippen LogP contribution is 2.19. The third kappa shape index (κ3) is 2.90. The summed E-state index contributed by atoms with van der Waals surface area (Å²) < 4.78 is 0. The Balaban J connectivity index is 1.96. The average Bonchev–Trinajstić information content (AvgIpc) is 2.79. The van der Waals surface area contributed by atoms with Crippen LogP contribution < -0.4 is 5.32 Å². The molecule has 1 aliphatic heterocycles. The largest absolute Gasteiger partial charge is 0.465 e. The second-order valence-corrected chi connectivity index (χ2v) is 4.30. The first-order valence-corrected chi connectivity index (χ1v) is 5.96. The summed E-state index contributed by atoms with van der Waals surface area (Å²) in [6.45, 7) is 0.317. The van der Waals surface area contributed by atoms with E-state index in [4.69, 9.17) is 5.11 Å². The Morgan fingerprint density at radius 3 is 2.63 bits per heavy atom. The van der Waals surface area contributed by atoms with E-state index in [9.17, 15) is 14.4 Å². The number of imide groups is 1. The minimum absolute atomic E-state index is 0.0930. The highest BCUT2D eigenvalue weighted by molar-refractivity contribution is 6.00. The molecule has 6 nitrogen and oxygen atoms in total. The lowest BCUT2D eigenvalue weighted by atomic mass is 10.2. The molecule has 100 valence electrons. The van der Waals surface area contributed by atoms with Crippen molar-refractivity contribution in [2.24, 2.45) is 0 Å². The highest BCUT2D eigenvalue weighted by Gasteiger charge is 2.40. The molecular weight excluding hydrogens is 248 g/mol. The molecule has 0 aliphatic carbocycles. The van der Waals surface area contributed by atoms with Crippen LogP contribution in [0.5, 0.6) is 0 Å². The Labute approximate surface area is 110 Å². The first-order valence-electron chi connectivity index (χ1n) is 5.96. The number of hydrogen-bond acceptors (Lipinski definition) is 3. The Morgan fingerprint density at radius 2 is 2.00 bits per heavy atom. The van der Waals surface area contributed by atoms with Gasteiger partial charge in [-0.15, -0.1) is 0 Å². The van der Waals surface area contributed by atoms with Gasteiger partial charge in [-0.3, -0.25) is 9.59 Å². The van der Waals surface area contributed by atoms with Crippen LogP contribution in [0.1, 0.15) is 18.4 Å². The zero-order valence-corrected chi connectivity index (χ0v) is 10.2. The van der Waals surface area contributed by atoms with Crippen molar-refractivity contribution in [2.45, 2.75) is 25.4 Å². The summed E-state index contributed by atoms with van der Waals surface area (Å²) >= 11 is 0. The second kappa shape index (κ2) is 5.51. The molecule has 0 radical (unpaired) electrons. The molecule has 3 amide bonds. The van der Waals surface area contributed by atoms with Gasteiger partial charge in [-0.2, -0.15) is 0 Å². The van der Waals surface area contributed by atoms with Crippen LogP contribution in [0.25, 0.3) is 0 Å². The Hall–Kier alpha value is -2.37. The van der Waals surface area contributed by atoms with Crippen molar-refractivity contribution in [1.82, 2.24) is 10.2 Å². The molecule has 0 bridgehead atoms. The van der Waals surface area contributed by atoms with Crippen LogP contribution in [0, 0.1) is 0 Å². The quantitative estimate of drug-likeness (QED) is 0.849. The predicted molar refractivity (Wildman–Crippen MR) is 66.2 cm³/mol. The summed E-state index contributed by atoms with van der Waals surface area (Å²) in [5, 5.41) is 11.6. The minimum Gasteiger partial charge on any atom is -0.465 e. The van der Waals surface area contributed by atoms with Gasteiger partial charge in [-0.1, -0.05) is 30.3 Å². The fraction of sp³-hybridized carbons (Fsp3) is 0.308. The van der Waals surface area contributed by atoms with E-state index in [-0.39, 0.29) is 12.8 Å². The first-order chi connectivity index (χ1) is 9.09. The maximum Gasteiger partial charge on any atom is 0.414 e. The lowest BCUT2D eigenvalue weighted by molar-refractivity contribution is -0.133. The molecule has 0 saturated carbocycles. The van der Waals surface area contributed by atoms with E-state index in [2.05, 4.69) is 5.32 Å². The third-order valence-electron chi connectivity index (χ3n) is 3.03. The van der Waals surface area contributed by atoms with Gasteiger partial charge < -0.3 is 10.4 Å². The molecule has 19 heavy (non-hydrogen) atoms. The molecular formula is C13H14N2O4. The number of amides is 3. The van der Waals surface area contributed by atoms with Crippen LogP contribution in [-0.4, -0.2) is 34.0 Å². The van der Waals surface area contributed by atoms with Crippen LogP contribution in [-0.2, 0) is 16.1 Å². The van der Waals surface area contributed by atoms with Crippen molar-refractivity contribution in [2.75, 3.05) is 0 Å². The molecule has 1 atom stereocenters. The van der Waals surface area contributed by atoms with Crippen molar-refractivity contribution in [1.29, 1.82) is 0 Å². The fourth-order valence-electron chi connectivity index (χ4n) is 2.07. The van der Waals surface area contributed by atoms with Gasteiger partial charge in [0.25, 0.3) is 0 Å². The number of hydrogen-bond donors (Lipinski definition) is 2. The van der Waals surface area contributed by atoms with Crippen LogP contribution in [0.2, 0.25) is 0 Å². The summed E-state index contributed by atoms with van der Waals surface area (Å²) in [6, 6.07) is 8.37. The number of nitrogens with one attached hydrogen (secondary N) is 1. The number of nitrogens with zero attached hydrogens (tertiary/aromatic N) is 1. The van der Waals surface area contributed by atoms with Gasteiger partial charge in [0.05, 0.1) is 0 Å². The van der Waals surface area contributed by atoms with Crippen molar-refractivity contribution in [3.8, 4) is 0 Å². The number of benzene rings is 1. The molecule has 1 aromatic carbocycles. The maximum absolute atomic E-state index is 11.9. The lowest BCUT2D eigenvalue weighted by Gasteiger charge is -2.19. The Kier molecular flexibility index (Phi) is 3.79. The molecule has 1 fully saturated rings. The van der Waals surface area contributed by atoms with E-state index in [0.29, 0.717) is 11.4 Å². The molecule has 1 saturated heterocycles. The standard InChI is InChI=1S/C13H14N2O4/c16-11-7-6-10(15(11)13(18)19)12(17)14-8-9-4-2-1-3-5-9/h1-5,10H,6-8H2,(H,14,17)(H,18,19)/t10-/m0/s1. The topological polar surface area (TPSA) is 86.7 Å². The van der Waals surface area contributed by atoms with Crippen molar-refractivity contribution in [3.05, 3.63) is 35.9 Å². The molecule has 0 unspecified atom stereocenters. The van der Waals surface area contributed by atoms with Gasteiger partial charge in [0.2, 0.25) is 11.8 Å². The van der Waals surface area contributed by atoms with E-state index >= 15 is 0 Å². The average molecular weight is 262 g/mol. The number of rotatable bonds is 3. The number of carbonyl (C=O) groups is 3. The van der Waals surface area contributed by atoms with Gasteiger partial charge >= 0.3 is 6.09 Å². The van der Waals surface area contributed by atoms with Crippen LogP contribution in [0.15, 0.2) is 30.3 Å². The summed E-state index contributed by atoms with van der Waals surface area (Å²) in [6.07, 6.45) is -1.04. The third-order valence-corrected chi connectivity index (χ3v) is 3.03. The van der Waals surface area contributed by atoms with Gasteiger partial charge in [0.1, 0.15) is 6.04 Å². The molecule has 1 aliphatic rings. The van der Waals surface area contributed by atoms with E-state index in [1.165, 1.54) is 0 Å². The molecule has 2 N–H and O–H groups in total. The van der Waals surface area contributed by atoms with Crippen molar-refractivity contribution < 1.29 is 19.5 Å². The summed E-state index contributed by atoms with van der Waals surface area (Å²) in [5.41, 5.74) is 0.919. The highest BCUT2D eigenvalue weighted by atomic mass is 16.4. The number of carboxylic acid groups (broad SMARTS) is 1. The van der Waals surface area contributed by atoms with Gasteiger partial charge in [-0.25, -0.2) is 9.69 Å². The maximum atomic E-state index is 11.9. The smallest absolute Gasteiger partial charge is 0.414 e. The Bertz CT molecular complexity index is 501. The molecule has 0 aromatic heterocycles. The molecule has 0 spiro atoms. The van der Waals surface area contributed by atoms with Gasteiger partial charge in [0.15, 0.2) is 0 Å². The zero-order chi connectivity index (χ0) is 13.8. The van der Waals surface area contributed by atoms with E-state index in [0.717, 1.165) is 5.56 Å². The van der Waals surface area contributed by atoms with Gasteiger partial charge in [-0.05, 0) is 12.0 Å². The number of carbonyl (C=O) groups excluding carboxylic acids is 2. The Morgan fingerprint density at radius 1 is 1.32 bits per heavy atom. The summed E-state index contributed by atoms with van der Waals surface area (Å²) in [4.78, 5) is 34.8. The minimum atomic E-state index is -1.37. The number of likely N-dealkylation sites (tertiary alicyclic amines) is 1. The molecule has 2 rings (SSSR count). The van der Waals surface area contributed by atoms with Crippen LogP contribution >= 0.6 is 0 Å². The monoisotopic (exact) mass is 262 g/mol. The van der Waals surface area contributed by atoms with E-state index in [1.807, 2.05) is 30.3 Å². The zero-order valence-electron chi connectivity index (χ0n) is 10.2. The van der Waals surface area contributed by atoms with E-state index in [1.54, 1.807) is 0 Å². The van der Waals surface area contributed by atoms with Crippen LogP contribution in [0.3, 0.4) is 0 Å². The molecule has 6 heteroatoms. The normalized spacial score (nSPS) is 18.4. The van der Waals surface area contributed by atoms with E-state index < -0.39 is 23.9 Å².